The van der Waals surface area contributed by atoms with Crippen LogP contribution in [0.25, 0.3) is 0 Å². The number of rotatable bonds is 4. The number of carbonyl (C=O) groups is 1. The van der Waals surface area contributed by atoms with Gasteiger partial charge in [-0.05, 0) is 67.1 Å². The number of ketones is 1. The number of hydrogen-bond acceptors (Lipinski definition) is 5. The fourth-order valence-corrected chi connectivity index (χ4v) is 3.79. The molecule has 1 aromatic heterocycles. The van der Waals surface area contributed by atoms with E-state index in [0.29, 0.717) is 17.9 Å². The van der Waals surface area contributed by atoms with Gasteiger partial charge in [-0.3, -0.25) is 4.79 Å². The molecule has 4 rings (SSSR count). The second-order valence-electron chi connectivity index (χ2n) is 7.36. The number of nitrogens with zero attached hydrogens (tertiary/aromatic N) is 2. The molecule has 0 bridgehead atoms. The van der Waals surface area contributed by atoms with E-state index in [-0.39, 0.29) is 11.7 Å². The van der Waals surface area contributed by atoms with Crippen LogP contribution in [-0.4, -0.2) is 22.9 Å². The van der Waals surface area contributed by atoms with E-state index in [0.717, 1.165) is 29.1 Å². The zero-order valence-electron chi connectivity index (χ0n) is 16.3. The predicted molar refractivity (Wildman–Crippen MR) is 110 cm³/mol. The lowest BCUT2D eigenvalue weighted by molar-refractivity contribution is 0.0962. The second kappa shape index (κ2) is 7.43. The number of methoxy groups -OCH3 is 1. The largest absolute Gasteiger partial charge is 0.497 e. The van der Waals surface area contributed by atoms with Crippen LogP contribution in [0.3, 0.4) is 0 Å². The van der Waals surface area contributed by atoms with Crippen molar-refractivity contribution in [3.63, 3.8) is 0 Å². The molecule has 1 atom stereocenters. The average Bonchev–Trinajstić information content (AvgIpc) is 2.67. The van der Waals surface area contributed by atoms with Crippen molar-refractivity contribution in [3.8, 4) is 5.75 Å². The van der Waals surface area contributed by atoms with Crippen molar-refractivity contribution in [3.05, 3.63) is 76.6 Å². The Labute approximate surface area is 164 Å². The molecule has 2 aromatic carbocycles. The van der Waals surface area contributed by atoms with Crippen LogP contribution in [0.4, 0.5) is 11.6 Å². The lowest BCUT2D eigenvalue weighted by atomic mass is 9.82. The Balaban J connectivity index is 1.60. The molecule has 3 aromatic rings. The molecule has 0 radical (unpaired) electrons. The molecule has 0 aliphatic heterocycles. The van der Waals surface area contributed by atoms with Crippen LogP contribution in [0.5, 0.6) is 5.75 Å². The summed E-state index contributed by atoms with van der Waals surface area (Å²) in [6, 6.07) is 14.2. The molecule has 0 saturated carbocycles. The molecule has 1 N–H and O–H groups in total. The second-order valence-corrected chi connectivity index (χ2v) is 7.36. The van der Waals surface area contributed by atoms with E-state index < -0.39 is 0 Å². The average molecular weight is 373 g/mol. The first kappa shape index (κ1) is 18.2. The smallest absolute Gasteiger partial charge is 0.227 e. The van der Waals surface area contributed by atoms with Crippen LogP contribution < -0.4 is 10.1 Å². The summed E-state index contributed by atoms with van der Waals surface area (Å²) in [7, 11) is 1.65. The maximum absolute atomic E-state index is 12.6. The van der Waals surface area contributed by atoms with Crippen LogP contribution in [0.15, 0.2) is 48.7 Å². The van der Waals surface area contributed by atoms with Gasteiger partial charge in [0.15, 0.2) is 5.78 Å². The monoisotopic (exact) mass is 373 g/mol. The van der Waals surface area contributed by atoms with Crippen molar-refractivity contribution in [2.24, 2.45) is 0 Å². The Bertz CT molecular complexity index is 1010. The zero-order chi connectivity index (χ0) is 19.7. The molecule has 1 heterocycles. The van der Waals surface area contributed by atoms with E-state index >= 15 is 0 Å². The number of nitrogens with one attached hydrogen (secondary N) is 1. The summed E-state index contributed by atoms with van der Waals surface area (Å²) in [5, 5.41) is 3.27. The van der Waals surface area contributed by atoms with Gasteiger partial charge in [0.05, 0.1) is 18.4 Å². The van der Waals surface area contributed by atoms with Gasteiger partial charge in [0, 0.05) is 18.3 Å². The highest BCUT2D eigenvalue weighted by atomic mass is 16.5. The molecule has 28 heavy (non-hydrogen) atoms. The Morgan fingerprint density at radius 1 is 1.04 bits per heavy atom. The Morgan fingerprint density at radius 2 is 1.75 bits per heavy atom. The molecule has 142 valence electrons. The number of hydrogen-bond donors (Lipinski definition) is 1. The van der Waals surface area contributed by atoms with Gasteiger partial charge in [0.25, 0.3) is 0 Å². The number of carbonyl (C=O) groups excluding carboxylic acids is 1. The SMILES string of the molecule is COc1ccc([C@@H]2CC(=O)c3cnc(Nc4cc(C)cc(C)c4)nc3C2)cc1. The number of aromatic nitrogens is 2. The third-order valence-corrected chi connectivity index (χ3v) is 5.10. The molecule has 0 spiro atoms. The molecule has 0 unspecified atom stereocenters. The molecule has 1 aliphatic rings. The third-order valence-electron chi connectivity index (χ3n) is 5.10. The summed E-state index contributed by atoms with van der Waals surface area (Å²) >= 11 is 0. The van der Waals surface area contributed by atoms with Crippen molar-refractivity contribution in [2.45, 2.75) is 32.6 Å². The highest BCUT2D eigenvalue weighted by molar-refractivity contribution is 5.98. The molecule has 0 saturated heterocycles. The number of anilines is 2. The topological polar surface area (TPSA) is 64.1 Å². The number of fused-ring (bicyclic) bond motifs is 1. The van der Waals surface area contributed by atoms with Crippen molar-refractivity contribution in [1.82, 2.24) is 9.97 Å². The lowest BCUT2D eigenvalue weighted by Crippen LogP contribution is -2.21. The molecule has 5 nitrogen and oxygen atoms in total. The van der Waals surface area contributed by atoms with Crippen LogP contribution in [0.1, 0.15) is 45.1 Å². The standard InChI is InChI=1S/C23H23N3O2/c1-14-8-15(2)10-18(9-14)25-23-24-13-20-21(26-23)11-17(12-22(20)27)16-4-6-19(28-3)7-5-16/h4-10,13,17H,11-12H2,1-3H3,(H,24,25,26)/t17-/m0/s1. The van der Waals surface area contributed by atoms with E-state index in [2.05, 4.69) is 47.3 Å². The normalized spacial score (nSPS) is 15.8. The van der Waals surface area contributed by atoms with Crippen LogP contribution >= 0.6 is 0 Å². The van der Waals surface area contributed by atoms with Crippen molar-refractivity contribution in [1.29, 1.82) is 0 Å². The fraction of sp³-hybridized carbons (Fsp3) is 0.261. The Kier molecular flexibility index (Phi) is 4.82. The molecular weight excluding hydrogens is 350 g/mol. The van der Waals surface area contributed by atoms with E-state index in [1.54, 1.807) is 13.3 Å². The number of aryl methyl sites for hydroxylation is 2. The summed E-state index contributed by atoms with van der Waals surface area (Å²) in [4.78, 5) is 21.6. The molecule has 5 heteroatoms. The van der Waals surface area contributed by atoms with Crippen molar-refractivity contribution >= 4 is 17.4 Å². The first-order chi connectivity index (χ1) is 13.5. The van der Waals surface area contributed by atoms with Gasteiger partial charge in [0.1, 0.15) is 5.75 Å². The van der Waals surface area contributed by atoms with Gasteiger partial charge in [-0.1, -0.05) is 18.2 Å². The number of ether oxygens (including phenoxy) is 1. The summed E-state index contributed by atoms with van der Waals surface area (Å²) in [5.41, 5.74) is 5.87. The summed E-state index contributed by atoms with van der Waals surface area (Å²) in [5.74, 6) is 1.55. The number of Topliss-reactive ketones (excluding diaryl/α,β-unsaturated/α-hetero) is 1. The van der Waals surface area contributed by atoms with E-state index in [1.165, 1.54) is 11.1 Å². The van der Waals surface area contributed by atoms with Crippen LogP contribution in [-0.2, 0) is 6.42 Å². The third kappa shape index (κ3) is 3.74. The maximum Gasteiger partial charge on any atom is 0.227 e. The lowest BCUT2D eigenvalue weighted by Gasteiger charge is -2.23. The molecule has 1 aliphatic carbocycles. The van der Waals surface area contributed by atoms with Crippen LogP contribution in [0, 0.1) is 13.8 Å². The quantitative estimate of drug-likeness (QED) is 0.714. The Hall–Kier alpha value is -3.21. The summed E-state index contributed by atoms with van der Waals surface area (Å²) in [6.07, 6.45) is 2.85. The minimum atomic E-state index is 0.0972. The highest BCUT2D eigenvalue weighted by Gasteiger charge is 2.28. The van der Waals surface area contributed by atoms with Gasteiger partial charge >= 0.3 is 0 Å². The van der Waals surface area contributed by atoms with Gasteiger partial charge in [-0.2, -0.15) is 0 Å². The van der Waals surface area contributed by atoms with Gasteiger partial charge < -0.3 is 10.1 Å². The van der Waals surface area contributed by atoms with Crippen molar-refractivity contribution in [2.75, 3.05) is 12.4 Å². The minimum Gasteiger partial charge on any atom is -0.497 e. The molecule has 0 amide bonds. The number of benzene rings is 2. The molecular formula is C23H23N3O2. The summed E-state index contributed by atoms with van der Waals surface area (Å²) in [6.45, 7) is 4.12. The van der Waals surface area contributed by atoms with Gasteiger partial charge in [0.2, 0.25) is 5.95 Å². The van der Waals surface area contributed by atoms with Crippen molar-refractivity contribution < 1.29 is 9.53 Å². The predicted octanol–water partition coefficient (Wildman–Crippen LogP) is 4.76. The van der Waals surface area contributed by atoms with E-state index in [1.807, 2.05) is 24.3 Å². The first-order valence-corrected chi connectivity index (χ1v) is 9.40. The van der Waals surface area contributed by atoms with E-state index in [4.69, 9.17) is 4.74 Å². The summed E-state index contributed by atoms with van der Waals surface area (Å²) < 4.78 is 5.23. The first-order valence-electron chi connectivity index (χ1n) is 9.40. The Morgan fingerprint density at radius 3 is 2.43 bits per heavy atom. The van der Waals surface area contributed by atoms with Gasteiger partial charge in [-0.25, -0.2) is 9.97 Å². The van der Waals surface area contributed by atoms with E-state index in [9.17, 15) is 4.79 Å². The molecule has 0 fully saturated rings. The zero-order valence-corrected chi connectivity index (χ0v) is 16.3. The van der Waals surface area contributed by atoms with Crippen LogP contribution in [0.2, 0.25) is 0 Å². The maximum atomic E-state index is 12.6. The van der Waals surface area contributed by atoms with Gasteiger partial charge in [-0.15, -0.1) is 0 Å². The highest BCUT2D eigenvalue weighted by Crippen LogP contribution is 2.33. The minimum absolute atomic E-state index is 0.0972. The fourth-order valence-electron chi connectivity index (χ4n) is 3.79.